The Morgan fingerprint density at radius 1 is 1.00 bits per heavy atom. The fourth-order valence-corrected chi connectivity index (χ4v) is 4.47. The van der Waals surface area contributed by atoms with Crippen molar-refractivity contribution in [2.24, 2.45) is 5.92 Å². The first-order valence-corrected chi connectivity index (χ1v) is 8.43. The average molecular weight is 305 g/mol. The Bertz CT molecular complexity index is 739. The van der Waals surface area contributed by atoms with Crippen molar-refractivity contribution in [3.63, 3.8) is 0 Å². The van der Waals surface area contributed by atoms with Gasteiger partial charge in [0.2, 0.25) is 5.91 Å². The van der Waals surface area contributed by atoms with Crippen LogP contribution in [0.5, 0.6) is 0 Å². The predicted molar refractivity (Wildman–Crippen MR) is 88.1 cm³/mol. The monoisotopic (exact) mass is 305 g/mol. The van der Waals surface area contributed by atoms with Gasteiger partial charge in [-0.15, -0.1) is 0 Å². The highest BCUT2D eigenvalue weighted by Crippen LogP contribution is 2.45. The van der Waals surface area contributed by atoms with Gasteiger partial charge in [0, 0.05) is 18.6 Å². The SMILES string of the molecule is O=C(N[C@@H]1C[C@H]2OCC[C@@H]12)C1c2ccccc2-c2ccccc21. The summed E-state index contributed by atoms with van der Waals surface area (Å²) >= 11 is 0. The molecule has 0 spiro atoms. The van der Waals surface area contributed by atoms with E-state index in [1.54, 1.807) is 0 Å². The number of ether oxygens (including phenoxy) is 1. The predicted octanol–water partition coefficient (Wildman–Crippen LogP) is 3.09. The zero-order valence-corrected chi connectivity index (χ0v) is 12.9. The quantitative estimate of drug-likeness (QED) is 0.926. The third-order valence-corrected chi connectivity index (χ3v) is 5.69. The van der Waals surface area contributed by atoms with Crippen molar-refractivity contribution in [1.82, 2.24) is 5.32 Å². The summed E-state index contributed by atoms with van der Waals surface area (Å²) in [6.07, 6.45) is 2.42. The molecule has 3 nitrogen and oxygen atoms in total. The van der Waals surface area contributed by atoms with Gasteiger partial charge in [0.25, 0.3) is 0 Å². The molecule has 2 fully saturated rings. The summed E-state index contributed by atoms with van der Waals surface area (Å²) in [5, 5.41) is 3.29. The standard InChI is InChI=1S/C20H19NO2/c22-20(21-17-11-18-16(17)9-10-23-18)19-14-7-3-1-5-12(14)13-6-2-4-8-15(13)19/h1-8,16-19H,9-11H2,(H,21,22)/t16-,17+,18+/m0/s1. The van der Waals surface area contributed by atoms with Gasteiger partial charge in [0.05, 0.1) is 12.0 Å². The van der Waals surface area contributed by atoms with Crippen molar-refractivity contribution in [3.8, 4) is 11.1 Å². The largest absolute Gasteiger partial charge is 0.378 e. The summed E-state index contributed by atoms with van der Waals surface area (Å²) in [5.41, 5.74) is 4.65. The Balaban J connectivity index is 1.46. The Morgan fingerprint density at radius 3 is 2.30 bits per heavy atom. The smallest absolute Gasteiger partial charge is 0.232 e. The lowest BCUT2D eigenvalue weighted by molar-refractivity contribution is -0.124. The minimum absolute atomic E-state index is 0.137. The van der Waals surface area contributed by atoms with Crippen LogP contribution < -0.4 is 5.32 Å². The van der Waals surface area contributed by atoms with E-state index in [4.69, 9.17) is 4.74 Å². The number of hydrogen-bond acceptors (Lipinski definition) is 2. The molecule has 2 aliphatic carbocycles. The number of fused-ring (bicyclic) bond motifs is 4. The summed E-state index contributed by atoms with van der Waals surface area (Å²) in [7, 11) is 0. The number of rotatable bonds is 2. The lowest BCUT2D eigenvalue weighted by atomic mass is 9.76. The van der Waals surface area contributed by atoms with Crippen molar-refractivity contribution < 1.29 is 9.53 Å². The minimum Gasteiger partial charge on any atom is -0.378 e. The van der Waals surface area contributed by atoms with Gasteiger partial charge >= 0.3 is 0 Å². The van der Waals surface area contributed by atoms with E-state index in [-0.39, 0.29) is 17.9 Å². The van der Waals surface area contributed by atoms with Gasteiger partial charge < -0.3 is 10.1 Å². The topological polar surface area (TPSA) is 38.3 Å². The van der Waals surface area contributed by atoms with Gasteiger partial charge in [-0.3, -0.25) is 4.79 Å². The summed E-state index contributed by atoms with van der Waals surface area (Å²) in [4.78, 5) is 13.0. The van der Waals surface area contributed by atoms with Crippen LogP contribution in [0, 0.1) is 5.92 Å². The molecule has 1 saturated carbocycles. The van der Waals surface area contributed by atoms with Crippen molar-refractivity contribution in [2.75, 3.05) is 6.61 Å². The molecule has 3 heteroatoms. The van der Waals surface area contributed by atoms with E-state index in [1.807, 2.05) is 24.3 Å². The van der Waals surface area contributed by atoms with Crippen LogP contribution in [0.2, 0.25) is 0 Å². The molecule has 1 amide bonds. The molecule has 1 saturated heterocycles. The van der Waals surface area contributed by atoms with Crippen LogP contribution in [-0.2, 0) is 9.53 Å². The molecule has 116 valence electrons. The van der Waals surface area contributed by atoms with E-state index >= 15 is 0 Å². The molecule has 0 radical (unpaired) electrons. The lowest BCUT2D eigenvalue weighted by Crippen LogP contribution is -2.54. The molecular formula is C20H19NO2. The number of nitrogens with one attached hydrogen (secondary N) is 1. The molecule has 2 aromatic rings. The molecule has 1 aliphatic heterocycles. The maximum absolute atomic E-state index is 13.0. The molecule has 2 aromatic carbocycles. The minimum atomic E-state index is -0.177. The first-order valence-electron chi connectivity index (χ1n) is 8.43. The molecule has 23 heavy (non-hydrogen) atoms. The molecule has 0 unspecified atom stereocenters. The van der Waals surface area contributed by atoms with Gasteiger partial charge in [0.1, 0.15) is 0 Å². The fourth-order valence-electron chi connectivity index (χ4n) is 4.47. The molecule has 3 aliphatic rings. The van der Waals surface area contributed by atoms with Gasteiger partial charge in [-0.25, -0.2) is 0 Å². The Labute approximate surface area is 135 Å². The number of amides is 1. The second kappa shape index (κ2) is 4.93. The van der Waals surface area contributed by atoms with Crippen molar-refractivity contribution in [3.05, 3.63) is 59.7 Å². The maximum atomic E-state index is 13.0. The third-order valence-electron chi connectivity index (χ3n) is 5.69. The Kier molecular flexibility index (Phi) is 2.86. The van der Waals surface area contributed by atoms with Crippen LogP contribution in [0.25, 0.3) is 11.1 Å². The molecule has 5 rings (SSSR count). The van der Waals surface area contributed by atoms with Crippen LogP contribution in [-0.4, -0.2) is 24.7 Å². The van der Waals surface area contributed by atoms with Crippen LogP contribution in [0.15, 0.2) is 48.5 Å². The normalized spacial score (nSPS) is 27.7. The second-order valence-corrected chi connectivity index (χ2v) is 6.82. The van der Waals surface area contributed by atoms with E-state index in [0.29, 0.717) is 12.0 Å². The summed E-state index contributed by atoms with van der Waals surface area (Å²) in [5.74, 6) is 0.479. The zero-order valence-electron chi connectivity index (χ0n) is 12.9. The third kappa shape index (κ3) is 1.89. The van der Waals surface area contributed by atoms with E-state index < -0.39 is 0 Å². The van der Waals surface area contributed by atoms with E-state index in [1.165, 1.54) is 11.1 Å². The van der Waals surface area contributed by atoms with Crippen molar-refractivity contribution >= 4 is 5.91 Å². The first-order chi connectivity index (χ1) is 11.3. The fraction of sp³-hybridized carbons (Fsp3) is 0.350. The van der Waals surface area contributed by atoms with Crippen molar-refractivity contribution in [1.29, 1.82) is 0 Å². The highest BCUT2D eigenvalue weighted by molar-refractivity contribution is 5.96. The highest BCUT2D eigenvalue weighted by atomic mass is 16.5. The number of hydrogen-bond donors (Lipinski definition) is 1. The van der Waals surface area contributed by atoms with Gasteiger partial charge in [-0.1, -0.05) is 48.5 Å². The first kappa shape index (κ1) is 13.3. The molecular weight excluding hydrogens is 286 g/mol. The molecule has 0 bridgehead atoms. The van der Waals surface area contributed by atoms with Gasteiger partial charge in [-0.2, -0.15) is 0 Å². The van der Waals surface area contributed by atoms with Crippen LogP contribution in [0.4, 0.5) is 0 Å². The van der Waals surface area contributed by atoms with E-state index in [9.17, 15) is 4.79 Å². The van der Waals surface area contributed by atoms with Crippen molar-refractivity contribution in [2.45, 2.75) is 30.9 Å². The number of carbonyl (C=O) groups is 1. The number of benzene rings is 2. The van der Waals surface area contributed by atoms with E-state index in [2.05, 4.69) is 29.6 Å². The van der Waals surface area contributed by atoms with E-state index in [0.717, 1.165) is 30.6 Å². The maximum Gasteiger partial charge on any atom is 0.232 e. The molecule has 1 heterocycles. The Morgan fingerprint density at radius 2 is 1.65 bits per heavy atom. The average Bonchev–Trinajstić information content (AvgIpc) is 3.10. The molecule has 1 N–H and O–H groups in total. The van der Waals surface area contributed by atoms with Crippen LogP contribution in [0.3, 0.4) is 0 Å². The summed E-state index contributed by atoms with van der Waals surface area (Å²) < 4.78 is 5.65. The number of carbonyl (C=O) groups excluding carboxylic acids is 1. The summed E-state index contributed by atoms with van der Waals surface area (Å²) in [6, 6.07) is 16.8. The lowest BCUT2D eigenvalue weighted by Gasteiger charge is -2.39. The zero-order chi connectivity index (χ0) is 15.4. The van der Waals surface area contributed by atoms with Gasteiger partial charge in [-0.05, 0) is 35.1 Å². The molecule has 3 atom stereocenters. The Hall–Kier alpha value is -2.13. The summed E-state index contributed by atoms with van der Waals surface area (Å²) in [6.45, 7) is 0.844. The van der Waals surface area contributed by atoms with Crippen LogP contribution >= 0.6 is 0 Å². The van der Waals surface area contributed by atoms with Gasteiger partial charge in [0.15, 0.2) is 0 Å². The van der Waals surface area contributed by atoms with Crippen LogP contribution in [0.1, 0.15) is 29.9 Å². The second-order valence-electron chi connectivity index (χ2n) is 6.82. The molecule has 0 aromatic heterocycles. The highest BCUT2D eigenvalue weighted by Gasteiger charge is 2.46.